The number of carbonyl (C=O) groups excluding carboxylic acids is 1. The smallest absolute Gasteiger partial charge is 0.289 e. The standard InChI is InChI=1S/C18H16Cl2N4O2/c19-12-9-22-17(23-10-12)18(25)24-13-2-5-14(6-3-13)26-15-4-1-11(8-21)16(20)7-15/h1,4,7,9-10,13-14H,2-3,5-6H2,(H,24,25). The summed E-state index contributed by atoms with van der Waals surface area (Å²) in [6, 6.07) is 7.14. The molecule has 134 valence electrons. The zero-order chi connectivity index (χ0) is 18.5. The van der Waals surface area contributed by atoms with Crippen LogP contribution in [0.1, 0.15) is 41.9 Å². The van der Waals surface area contributed by atoms with Gasteiger partial charge in [0.15, 0.2) is 0 Å². The van der Waals surface area contributed by atoms with Crippen LogP contribution in [0.2, 0.25) is 10.0 Å². The zero-order valence-corrected chi connectivity index (χ0v) is 15.3. The summed E-state index contributed by atoms with van der Waals surface area (Å²) in [5, 5.41) is 12.6. The number of amides is 1. The highest BCUT2D eigenvalue weighted by Crippen LogP contribution is 2.27. The molecule has 0 unspecified atom stereocenters. The lowest BCUT2D eigenvalue weighted by Crippen LogP contribution is -2.40. The highest BCUT2D eigenvalue weighted by Gasteiger charge is 2.24. The molecule has 1 heterocycles. The fourth-order valence-corrected chi connectivity index (χ4v) is 3.17. The molecule has 3 rings (SSSR count). The van der Waals surface area contributed by atoms with E-state index in [1.807, 2.05) is 6.07 Å². The number of hydrogen-bond acceptors (Lipinski definition) is 5. The van der Waals surface area contributed by atoms with E-state index in [1.54, 1.807) is 18.2 Å². The third kappa shape index (κ3) is 4.63. The molecule has 1 saturated carbocycles. The first-order valence-corrected chi connectivity index (χ1v) is 8.95. The summed E-state index contributed by atoms with van der Waals surface area (Å²) in [6.45, 7) is 0. The van der Waals surface area contributed by atoms with Crippen LogP contribution in [0.3, 0.4) is 0 Å². The van der Waals surface area contributed by atoms with E-state index in [0.717, 1.165) is 25.7 Å². The van der Waals surface area contributed by atoms with Crippen LogP contribution in [-0.4, -0.2) is 28.0 Å². The van der Waals surface area contributed by atoms with E-state index in [1.165, 1.54) is 12.4 Å². The van der Waals surface area contributed by atoms with Crippen LogP contribution in [0.25, 0.3) is 0 Å². The van der Waals surface area contributed by atoms with E-state index in [9.17, 15) is 4.79 Å². The molecule has 1 fully saturated rings. The number of rotatable bonds is 4. The summed E-state index contributed by atoms with van der Waals surface area (Å²) in [4.78, 5) is 20.0. The molecule has 1 N–H and O–H groups in total. The van der Waals surface area contributed by atoms with Crippen molar-refractivity contribution in [2.75, 3.05) is 0 Å². The summed E-state index contributed by atoms with van der Waals surface area (Å²) in [7, 11) is 0. The Balaban J connectivity index is 1.49. The minimum atomic E-state index is -0.301. The molecule has 1 aromatic carbocycles. The first kappa shape index (κ1) is 18.4. The third-order valence-corrected chi connectivity index (χ3v) is 4.70. The summed E-state index contributed by atoms with van der Waals surface area (Å²) >= 11 is 11.7. The van der Waals surface area contributed by atoms with Gasteiger partial charge in [-0.15, -0.1) is 0 Å². The Morgan fingerprint density at radius 3 is 2.50 bits per heavy atom. The van der Waals surface area contributed by atoms with E-state index in [4.69, 9.17) is 33.2 Å². The van der Waals surface area contributed by atoms with Crippen molar-refractivity contribution in [2.24, 2.45) is 0 Å². The second-order valence-electron chi connectivity index (χ2n) is 6.04. The quantitative estimate of drug-likeness (QED) is 0.857. The first-order chi connectivity index (χ1) is 12.5. The van der Waals surface area contributed by atoms with E-state index < -0.39 is 0 Å². The van der Waals surface area contributed by atoms with Crippen molar-refractivity contribution in [1.29, 1.82) is 5.26 Å². The average molecular weight is 391 g/mol. The van der Waals surface area contributed by atoms with Gasteiger partial charge in [-0.05, 0) is 37.8 Å². The van der Waals surface area contributed by atoms with Crippen LogP contribution >= 0.6 is 23.2 Å². The number of nitriles is 1. The van der Waals surface area contributed by atoms with Gasteiger partial charge in [-0.2, -0.15) is 5.26 Å². The second kappa shape index (κ2) is 8.35. The molecule has 0 saturated heterocycles. The zero-order valence-electron chi connectivity index (χ0n) is 13.8. The summed E-state index contributed by atoms with van der Waals surface area (Å²) in [6.07, 6.45) is 6.07. The Morgan fingerprint density at radius 1 is 1.19 bits per heavy atom. The molecule has 2 aromatic rings. The van der Waals surface area contributed by atoms with Crippen LogP contribution in [-0.2, 0) is 0 Å². The number of aromatic nitrogens is 2. The van der Waals surface area contributed by atoms with Crippen LogP contribution in [0.4, 0.5) is 0 Å². The number of benzene rings is 1. The van der Waals surface area contributed by atoms with Crippen molar-refractivity contribution in [3.8, 4) is 11.8 Å². The summed E-state index contributed by atoms with van der Waals surface area (Å²) in [5.74, 6) is 0.459. The van der Waals surface area contributed by atoms with Gasteiger partial charge in [-0.3, -0.25) is 4.79 Å². The average Bonchev–Trinajstić information content (AvgIpc) is 2.64. The highest BCUT2D eigenvalue weighted by molar-refractivity contribution is 6.31. The van der Waals surface area contributed by atoms with Crippen LogP contribution in [0.5, 0.6) is 5.75 Å². The number of hydrogen-bond donors (Lipinski definition) is 1. The van der Waals surface area contributed by atoms with E-state index >= 15 is 0 Å². The van der Waals surface area contributed by atoms with E-state index in [2.05, 4.69) is 15.3 Å². The molecule has 0 aliphatic heterocycles. The summed E-state index contributed by atoms with van der Waals surface area (Å²) < 4.78 is 5.94. The number of nitrogens with one attached hydrogen (secondary N) is 1. The van der Waals surface area contributed by atoms with Gasteiger partial charge in [0, 0.05) is 24.5 Å². The molecule has 6 nitrogen and oxygen atoms in total. The fraction of sp³-hybridized carbons (Fsp3) is 0.333. The lowest BCUT2D eigenvalue weighted by Gasteiger charge is -2.29. The van der Waals surface area contributed by atoms with Crippen molar-refractivity contribution in [3.05, 3.63) is 52.0 Å². The monoisotopic (exact) mass is 390 g/mol. The van der Waals surface area contributed by atoms with Crippen LogP contribution in [0, 0.1) is 11.3 Å². The molecule has 8 heteroatoms. The number of halogens is 2. The lowest BCUT2D eigenvalue weighted by molar-refractivity contribution is 0.0883. The molecule has 1 aromatic heterocycles. The molecule has 1 amide bonds. The Bertz CT molecular complexity index is 828. The topological polar surface area (TPSA) is 87.9 Å². The van der Waals surface area contributed by atoms with Crippen LogP contribution < -0.4 is 10.1 Å². The number of nitrogens with zero attached hydrogens (tertiary/aromatic N) is 3. The van der Waals surface area contributed by atoms with Gasteiger partial charge in [0.2, 0.25) is 5.82 Å². The molecular formula is C18H16Cl2N4O2. The normalized spacial score (nSPS) is 19.4. The molecule has 1 aliphatic rings. The second-order valence-corrected chi connectivity index (χ2v) is 6.89. The van der Waals surface area contributed by atoms with Crippen LogP contribution in [0.15, 0.2) is 30.6 Å². The molecule has 26 heavy (non-hydrogen) atoms. The number of ether oxygens (including phenoxy) is 1. The third-order valence-electron chi connectivity index (χ3n) is 4.20. The van der Waals surface area contributed by atoms with Gasteiger partial charge in [0.25, 0.3) is 5.91 Å². The SMILES string of the molecule is N#Cc1ccc(OC2CCC(NC(=O)c3ncc(Cl)cn3)CC2)cc1Cl. The maximum atomic E-state index is 12.1. The van der Waals surface area contributed by atoms with Gasteiger partial charge >= 0.3 is 0 Å². The minimum Gasteiger partial charge on any atom is -0.490 e. The predicted octanol–water partition coefficient (Wildman–Crippen LogP) is 3.78. The van der Waals surface area contributed by atoms with Gasteiger partial charge in [0.1, 0.15) is 11.8 Å². The van der Waals surface area contributed by atoms with Gasteiger partial charge in [-0.1, -0.05) is 23.2 Å². The fourth-order valence-electron chi connectivity index (χ4n) is 2.86. The van der Waals surface area contributed by atoms with Gasteiger partial charge < -0.3 is 10.1 Å². The largest absolute Gasteiger partial charge is 0.490 e. The molecular weight excluding hydrogens is 375 g/mol. The van der Waals surface area contributed by atoms with Crippen molar-refractivity contribution < 1.29 is 9.53 Å². The molecule has 0 radical (unpaired) electrons. The van der Waals surface area contributed by atoms with Gasteiger partial charge in [-0.25, -0.2) is 9.97 Å². The van der Waals surface area contributed by atoms with Crippen molar-refractivity contribution >= 4 is 29.1 Å². The Hall–Kier alpha value is -2.36. The predicted molar refractivity (Wildman–Crippen MR) is 97.3 cm³/mol. The minimum absolute atomic E-state index is 0.0546. The maximum absolute atomic E-state index is 12.1. The Labute approximate surface area is 161 Å². The van der Waals surface area contributed by atoms with Crippen molar-refractivity contribution in [3.63, 3.8) is 0 Å². The summed E-state index contributed by atoms with van der Waals surface area (Å²) in [5.41, 5.74) is 0.426. The molecule has 0 spiro atoms. The first-order valence-electron chi connectivity index (χ1n) is 8.20. The maximum Gasteiger partial charge on any atom is 0.289 e. The Kier molecular flexibility index (Phi) is 5.92. The lowest BCUT2D eigenvalue weighted by atomic mass is 9.93. The Morgan fingerprint density at radius 2 is 1.88 bits per heavy atom. The van der Waals surface area contributed by atoms with Gasteiger partial charge in [0.05, 0.1) is 21.7 Å². The molecule has 0 bridgehead atoms. The van der Waals surface area contributed by atoms with Crippen molar-refractivity contribution in [2.45, 2.75) is 37.8 Å². The van der Waals surface area contributed by atoms with E-state index in [-0.39, 0.29) is 23.9 Å². The van der Waals surface area contributed by atoms with Crippen molar-refractivity contribution in [1.82, 2.24) is 15.3 Å². The highest BCUT2D eigenvalue weighted by atomic mass is 35.5. The number of carbonyl (C=O) groups is 1. The molecule has 1 aliphatic carbocycles. The molecule has 0 atom stereocenters. The van der Waals surface area contributed by atoms with E-state index in [0.29, 0.717) is 21.4 Å².